The number of amides is 2. The normalized spacial score (nSPS) is 11.4. The molecule has 3 N–H and O–H groups in total. The van der Waals surface area contributed by atoms with Crippen LogP contribution in [0.1, 0.15) is 37.9 Å². The van der Waals surface area contributed by atoms with Crippen LogP contribution in [0.3, 0.4) is 0 Å². The van der Waals surface area contributed by atoms with Gasteiger partial charge in [-0.05, 0) is 17.7 Å². The van der Waals surface area contributed by atoms with Crippen LogP contribution < -0.4 is 11.1 Å². The molecule has 0 saturated heterocycles. The molecule has 27 heavy (non-hydrogen) atoms. The van der Waals surface area contributed by atoms with Gasteiger partial charge in [-0.25, -0.2) is 0 Å². The zero-order valence-corrected chi connectivity index (χ0v) is 14.5. The molecule has 1 unspecified atom stereocenters. The van der Waals surface area contributed by atoms with Crippen LogP contribution in [0.4, 0.5) is 0 Å². The number of carbonyl (C=O) groups is 3. The predicted molar refractivity (Wildman–Crippen MR) is 102 cm³/mol. The highest BCUT2D eigenvalue weighted by Gasteiger charge is 2.21. The van der Waals surface area contributed by atoms with Crippen LogP contribution in [0.25, 0.3) is 0 Å². The lowest BCUT2D eigenvalue weighted by Gasteiger charge is -2.16. The van der Waals surface area contributed by atoms with Crippen molar-refractivity contribution in [3.8, 4) is 0 Å². The standard InChI is InChI=1S/C22H18N2O3/c23-21(26)19(15-7-3-1-4-8-15)24-22(27)18-13-11-17(12-14-18)20(25)16-9-5-2-6-10-16/h1-14,19H,(H2,23,26)(H,24,27). The van der Waals surface area contributed by atoms with Crippen molar-refractivity contribution in [1.82, 2.24) is 5.32 Å². The number of nitrogens with two attached hydrogens (primary N) is 1. The Morgan fingerprint density at radius 2 is 1.15 bits per heavy atom. The number of benzene rings is 3. The van der Waals surface area contributed by atoms with E-state index in [-0.39, 0.29) is 5.78 Å². The maximum absolute atomic E-state index is 12.5. The van der Waals surface area contributed by atoms with Gasteiger partial charge in [-0.1, -0.05) is 72.8 Å². The molecule has 3 rings (SSSR count). The molecular weight excluding hydrogens is 340 g/mol. The van der Waals surface area contributed by atoms with Crippen LogP contribution >= 0.6 is 0 Å². The molecule has 0 bridgehead atoms. The zero-order valence-electron chi connectivity index (χ0n) is 14.5. The maximum Gasteiger partial charge on any atom is 0.252 e. The quantitative estimate of drug-likeness (QED) is 0.664. The van der Waals surface area contributed by atoms with E-state index in [1.165, 1.54) is 0 Å². The van der Waals surface area contributed by atoms with Crippen LogP contribution in [0, 0.1) is 0 Å². The van der Waals surface area contributed by atoms with Crippen molar-refractivity contribution in [2.75, 3.05) is 0 Å². The average molecular weight is 358 g/mol. The lowest BCUT2D eigenvalue weighted by molar-refractivity contribution is -0.120. The van der Waals surface area contributed by atoms with E-state index in [2.05, 4.69) is 5.32 Å². The van der Waals surface area contributed by atoms with Crippen LogP contribution in [0.2, 0.25) is 0 Å². The van der Waals surface area contributed by atoms with Gasteiger partial charge in [0.25, 0.3) is 5.91 Å². The maximum atomic E-state index is 12.5. The Bertz CT molecular complexity index is 952. The van der Waals surface area contributed by atoms with Gasteiger partial charge in [0.05, 0.1) is 0 Å². The van der Waals surface area contributed by atoms with Gasteiger partial charge < -0.3 is 11.1 Å². The number of rotatable bonds is 6. The summed E-state index contributed by atoms with van der Waals surface area (Å²) in [5.74, 6) is -1.21. The van der Waals surface area contributed by atoms with E-state index in [0.717, 1.165) is 0 Å². The third-order valence-corrected chi connectivity index (χ3v) is 4.14. The Morgan fingerprint density at radius 1 is 0.667 bits per heavy atom. The van der Waals surface area contributed by atoms with Gasteiger partial charge in [-0.15, -0.1) is 0 Å². The number of primary amides is 1. The molecule has 0 radical (unpaired) electrons. The molecule has 0 heterocycles. The molecule has 0 aliphatic carbocycles. The smallest absolute Gasteiger partial charge is 0.252 e. The second kappa shape index (κ2) is 8.10. The Hall–Kier alpha value is -3.73. The summed E-state index contributed by atoms with van der Waals surface area (Å²) >= 11 is 0. The van der Waals surface area contributed by atoms with Gasteiger partial charge in [0.15, 0.2) is 5.78 Å². The highest BCUT2D eigenvalue weighted by Crippen LogP contribution is 2.15. The summed E-state index contributed by atoms with van der Waals surface area (Å²) in [5, 5.41) is 2.63. The highest BCUT2D eigenvalue weighted by atomic mass is 16.2. The van der Waals surface area contributed by atoms with Crippen LogP contribution in [0.5, 0.6) is 0 Å². The molecule has 0 aromatic heterocycles. The predicted octanol–water partition coefficient (Wildman–Crippen LogP) is 2.87. The molecule has 1 atom stereocenters. The molecule has 0 fully saturated rings. The van der Waals surface area contributed by atoms with Gasteiger partial charge in [0.2, 0.25) is 5.91 Å². The molecule has 3 aromatic rings. The minimum absolute atomic E-state index is 0.123. The molecule has 2 amide bonds. The number of ketones is 1. The minimum atomic E-state index is -0.927. The fourth-order valence-corrected chi connectivity index (χ4v) is 2.71. The lowest BCUT2D eigenvalue weighted by atomic mass is 10.0. The first-order valence-electron chi connectivity index (χ1n) is 8.41. The monoisotopic (exact) mass is 358 g/mol. The summed E-state index contributed by atoms with van der Waals surface area (Å²) in [6, 6.07) is 23.0. The van der Waals surface area contributed by atoms with E-state index >= 15 is 0 Å². The first-order valence-corrected chi connectivity index (χ1v) is 8.41. The van der Waals surface area contributed by atoms with Gasteiger partial charge in [0, 0.05) is 16.7 Å². The fraction of sp³-hybridized carbons (Fsp3) is 0.0455. The topological polar surface area (TPSA) is 89.3 Å². The summed E-state index contributed by atoms with van der Waals surface area (Å²) in [6.45, 7) is 0. The number of nitrogens with one attached hydrogen (secondary N) is 1. The van der Waals surface area contributed by atoms with Gasteiger partial charge >= 0.3 is 0 Å². The van der Waals surface area contributed by atoms with Crippen molar-refractivity contribution in [2.24, 2.45) is 5.73 Å². The zero-order chi connectivity index (χ0) is 19.2. The summed E-state index contributed by atoms with van der Waals surface area (Å²) < 4.78 is 0. The van der Waals surface area contributed by atoms with Crippen molar-refractivity contribution in [1.29, 1.82) is 0 Å². The molecule has 3 aromatic carbocycles. The van der Waals surface area contributed by atoms with Crippen molar-refractivity contribution >= 4 is 17.6 Å². The molecule has 0 aliphatic heterocycles. The summed E-state index contributed by atoms with van der Waals surface area (Å²) in [5.41, 5.74) is 7.42. The van der Waals surface area contributed by atoms with Crippen LogP contribution in [-0.4, -0.2) is 17.6 Å². The van der Waals surface area contributed by atoms with E-state index in [9.17, 15) is 14.4 Å². The lowest BCUT2D eigenvalue weighted by Crippen LogP contribution is -2.37. The van der Waals surface area contributed by atoms with Gasteiger partial charge in [-0.2, -0.15) is 0 Å². The third-order valence-electron chi connectivity index (χ3n) is 4.14. The second-order valence-electron chi connectivity index (χ2n) is 5.99. The highest BCUT2D eigenvalue weighted by molar-refractivity contribution is 6.09. The number of carbonyl (C=O) groups excluding carboxylic acids is 3. The Balaban J connectivity index is 1.75. The summed E-state index contributed by atoms with van der Waals surface area (Å²) in [7, 11) is 0. The first-order chi connectivity index (χ1) is 13.1. The molecule has 5 nitrogen and oxygen atoms in total. The Labute approximate surface area is 156 Å². The molecule has 0 saturated carbocycles. The number of hydrogen-bond acceptors (Lipinski definition) is 3. The van der Waals surface area contributed by atoms with Gasteiger partial charge in [-0.3, -0.25) is 14.4 Å². The van der Waals surface area contributed by atoms with E-state index in [1.807, 2.05) is 12.1 Å². The largest absolute Gasteiger partial charge is 0.368 e. The Morgan fingerprint density at radius 3 is 1.70 bits per heavy atom. The fourth-order valence-electron chi connectivity index (χ4n) is 2.71. The molecule has 0 spiro atoms. The van der Waals surface area contributed by atoms with Crippen LogP contribution in [0.15, 0.2) is 84.9 Å². The minimum Gasteiger partial charge on any atom is -0.368 e. The third kappa shape index (κ3) is 4.27. The van der Waals surface area contributed by atoms with Gasteiger partial charge in [0.1, 0.15) is 6.04 Å². The summed E-state index contributed by atoms with van der Waals surface area (Å²) in [6.07, 6.45) is 0. The number of hydrogen-bond donors (Lipinski definition) is 2. The van der Waals surface area contributed by atoms with E-state index in [1.54, 1.807) is 72.8 Å². The SMILES string of the molecule is NC(=O)C(NC(=O)c1ccc(C(=O)c2ccccc2)cc1)c1ccccc1. The molecule has 0 aliphatic rings. The van der Waals surface area contributed by atoms with Crippen molar-refractivity contribution < 1.29 is 14.4 Å². The Kier molecular flexibility index (Phi) is 5.42. The van der Waals surface area contributed by atoms with Crippen LogP contribution in [-0.2, 0) is 4.79 Å². The molecule has 5 heteroatoms. The second-order valence-corrected chi connectivity index (χ2v) is 5.99. The summed E-state index contributed by atoms with van der Waals surface area (Å²) in [4.78, 5) is 36.6. The average Bonchev–Trinajstić information content (AvgIpc) is 2.72. The van der Waals surface area contributed by atoms with E-state index in [0.29, 0.717) is 22.3 Å². The van der Waals surface area contributed by atoms with Crippen molar-refractivity contribution in [3.63, 3.8) is 0 Å². The molecular formula is C22H18N2O3. The van der Waals surface area contributed by atoms with Crippen molar-refractivity contribution in [2.45, 2.75) is 6.04 Å². The van der Waals surface area contributed by atoms with E-state index in [4.69, 9.17) is 5.73 Å². The molecule has 134 valence electrons. The first kappa shape index (κ1) is 18.1. The van der Waals surface area contributed by atoms with E-state index < -0.39 is 17.9 Å². The van der Waals surface area contributed by atoms with Crippen molar-refractivity contribution in [3.05, 3.63) is 107 Å².